The maximum atomic E-state index is 12.0. The number of halogens is 1. The Morgan fingerprint density at radius 3 is 2.55 bits per heavy atom. The molecule has 0 aliphatic rings. The normalized spacial score (nSPS) is 9.90. The number of amides is 1. The molecule has 0 bridgehead atoms. The fraction of sp³-hybridized carbons (Fsp3) is 0.267. The van der Waals surface area contributed by atoms with Gasteiger partial charge in [-0.25, -0.2) is 0 Å². The molecule has 5 heteroatoms. The monoisotopic (exact) mass is 294 g/mol. The van der Waals surface area contributed by atoms with E-state index in [-0.39, 0.29) is 19.1 Å². The Hall–Kier alpha value is -1.78. The van der Waals surface area contributed by atoms with E-state index in [1.165, 1.54) is 0 Å². The zero-order valence-electron chi connectivity index (χ0n) is 11.3. The zero-order chi connectivity index (χ0) is 15.0. The maximum absolute atomic E-state index is 12.0. The SMILES string of the molecule is C=CCN(CC=C)C(=O)CNc1cc(CO)ccc1Cl. The van der Waals surface area contributed by atoms with Crippen LogP contribution in [0.15, 0.2) is 43.5 Å². The number of aliphatic hydroxyl groups is 1. The highest BCUT2D eigenvalue weighted by Crippen LogP contribution is 2.22. The van der Waals surface area contributed by atoms with Gasteiger partial charge in [-0.3, -0.25) is 4.79 Å². The number of benzene rings is 1. The van der Waals surface area contributed by atoms with Gasteiger partial charge >= 0.3 is 0 Å². The van der Waals surface area contributed by atoms with Crippen LogP contribution in [0.25, 0.3) is 0 Å². The summed E-state index contributed by atoms with van der Waals surface area (Å²) in [4.78, 5) is 13.7. The Bertz CT molecular complexity index is 479. The van der Waals surface area contributed by atoms with Crippen molar-refractivity contribution in [3.8, 4) is 0 Å². The van der Waals surface area contributed by atoms with Gasteiger partial charge in [-0.1, -0.05) is 29.8 Å². The highest BCUT2D eigenvalue weighted by molar-refractivity contribution is 6.33. The first kappa shape index (κ1) is 16.3. The lowest BCUT2D eigenvalue weighted by Gasteiger charge is -2.20. The second-order valence-corrected chi connectivity index (χ2v) is 4.61. The van der Waals surface area contributed by atoms with Crippen LogP contribution in [-0.2, 0) is 11.4 Å². The minimum atomic E-state index is -0.0738. The van der Waals surface area contributed by atoms with Gasteiger partial charge in [0, 0.05) is 13.1 Å². The van der Waals surface area contributed by atoms with Crippen molar-refractivity contribution in [2.75, 3.05) is 25.0 Å². The molecule has 0 spiro atoms. The number of carbonyl (C=O) groups excluding carboxylic acids is 1. The molecule has 0 aromatic heterocycles. The predicted molar refractivity (Wildman–Crippen MR) is 82.8 cm³/mol. The molecule has 20 heavy (non-hydrogen) atoms. The van der Waals surface area contributed by atoms with Crippen LogP contribution in [0, 0.1) is 0 Å². The Labute approximate surface area is 124 Å². The summed E-state index contributed by atoms with van der Waals surface area (Å²) in [7, 11) is 0. The van der Waals surface area contributed by atoms with E-state index in [1.54, 1.807) is 35.3 Å². The molecule has 1 amide bonds. The standard InChI is InChI=1S/C15H19ClN2O2/c1-3-7-18(8-4-2)15(20)10-17-14-9-12(11-19)5-6-13(14)16/h3-6,9,17,19H,1-2,7-8,10-11H2. The molecular formula is C15H19ClN2O2. The van der Waals surface area contributed by atoms with Crippen LogP contribution >= 0.6 is 11.6 Å². The molecule has 0 saturated heterocycles. The summed E-state index contributed by atoms with van der Waals surface area (Å²) in [6, 6.07) is 5.14. The van der Waals surface area contributed by atoms with E-state index in [0.29, 0.717) is 23.8 Å². The number of rotatable bonds is 8. The van der Waals surface area contributed by atoms with Crippen molar-refractivity contribution in [1.29, 1.82) is 0 Å². The first-order chi connectivity index (χ1) is 9.62. The fourth-order valence-electron chi connectivity index (χ4n) is 1.68. The Kier molecular flexibility index (Phi) is 6.84. The number of anilines is 1. The molecular weight excluding hydrogens is 276 g/mol. The van der Waals surface area contributed by atoms with E-state index >= 15 is 0 Å². The minimum Gasteiger partial charge on any atom is -0.392 e. The molecule has 4 nitrogen and oxygen atoms in total. The molecule has 108 valence electrons. The van der Waals surface area contributed by atoms with Crippen molar-refractivity contribution < 1.29 is 9.90 Å². The number of carbonyl (C=O) groups is 1. The molecule has 0 radical (unpaired) electrons. The number of nitrogens with zero attached hydrogens (tertiary/aromatic N) is 1. The van der Waals surface area contributed by atoms with Gasteiger partial charge in [0.2, 0.25) is 5.91 Å². The number of nitrogens with one attached hydrogen (secondary N) is 1. The van der Waals surface area contributed by atoms with E-state index in [1.807, 2.05) is 0 Å². The van der Waals surface area contributed by atoms with Crippen LogP contribution in [-0.4, -0.2) is 35.5 Å². The number of hydrogen-bond donors (Lipinski definition) is 2. The van der Waals surface area contributed by atoms with Crippen LogP contribution in [0.1, 0.15) is 5.56 Å². The second kappa shape index (κ2) is 8.40. The summed E-state index contributed by atoms with van der Waals surface area (Å²) in [5, 5.41) is 12.6. The third kappa shape index (κ3) is 4.72. The van der Waals surface area contributed by atoms with E-state index in [0.717, 1.165) is 5.56 Å². The third-order valence-corrected chi connectivity index (χ3v) is 3.02. The summed E-state index contributed by atoms with van der Waals surface area (Å²) in [5.74, 6) is -0.0738. The lowest BCUT2D eigenvalue weighted by molar-refractivity contribution is -0.128. The highest BCUT2D eigenvalue weighted by Gasteiger charge is 2.11. The third-order valence-electron chi connectivity index (χ3n) is 2.70. The summed E-state index contributed by atoms with van der Waals surface area (Å²) in [5.41, 5.74) is 1.36. The first-order valence-electron chi connectivity index (χ1n) is 6.25. The lowest BCUT2D eigenvalue weighted by atomic mass is 10.2. The average molecular weight is 295 g/mol. The van der Waals surface area contributed by atoms with Crippen molar-refractivity contribution in [2.45, 2.75) is 6.61 Å². The average Bonchev–Trinajstić information content (AvgIpc) is 2.46. The Morgan fingerprint density at radius 2 is 2.00 bits per heavy atom. The first-order valence-corrected chi connectivity index (χ1v) is 6.63. The van der Waals surface area contributed by atoms with Crippen molar-refractivity contribution in [3.63, 3.8) is 0 Å². The topological polar surface area (TPSA) is 52.6 Å². The van der Waals surface area contributed by atoms with Crippen molar-refractivity contribution >= 4 is 23.2 Å². The quantitative estimate of drug-likeness (QED) is 0.724. The summed E-state index contributed by atoms with van der Waals surface area (Å²) >= 11 is 6.04. The minimum absolute atomic E-state index is 0.0706. The molecule has 1 aromatic rings. The van der Waals surface area contributed by atoms with Crippen LogP contribution in [0.2, 0.25) is 5.02 Å². The van der Waals surface area contributed by atoms with Crippen molar-refractivity contribution in [3.05, 3.63) is 54.1 Å². The largest absolute Gasteiger partial charge is 0.392 e. The molecule has 2 N–H and O–H groups in total. The molecule has 1 rings (SSSR count). The predicted octanol–water partition coefficient (Wildman–Crippen LogP) is 2.44. The van der Waals surface area contributed by atoms with Gasteiger partial charge in [-0.05, 0) is 17.7 Å². The van der Waals surface area contributed by atoms with Gasteiger partial charge in [-0.2, -0.15) is 0 Å². The van der Waals surface area contributed by atoms with Gasteiger partial charge in [-0.15, -0.1) is 13.2 Å². The maximum Gasteiger partial charge on any atom is 0.242 e. The second-order valence-electron chi connectivity index (χ2n) is 4.20. The highest BCUT2D eigenvalue weighted by atomic mass is 35.5. The van der Waals surface area contributed by atoms with Crippen LogP contribution in [0.5, 0.6) is 0 Å². The van der Waals surface area contributed by atoms with E-state index in [2.05, 4.69) is 18.5 Å². The van der Waals surface area contributed by atoms with Gasteiger partial charge in [0.25, 0.3) is 0 Å². The fourth-order valence-corrected chi connectivity index (χ4v) is 1.86. The molecule has 0 heterocycles. The molecule has 0 fully saturated rings. The zero-order valence-corrected chi connectivity index (χ0v) is 12.1. The van der Waals surface area contributed by atoms with E-state index in [4.69, 9.17) is 16.7 Å². The molecule has 0 saturated carbocycles. The lowest BCUT2D eigenvalue weighted by Crippen LogP contribution is -2.35. The van der Waals surface area contributed by atoms with Gasteiger partial charge in [0.05, 0.1) is 23.9 Å². The van der Waals surface area contributed by atoms with Gasteiger partial charge < -0.3 is 15.3 Å². The van der Waals surface area contributed by atoms with E-state index < -0.39 is 0 Å². The van der Waals surface area contributed by atoms with Crippen molar-refractivity contribution in [1.82, 2.24) is 4.90 Å². The van der Waals surface area contributed by atoms with Crippen molar-refractivity contribution in [2.24, 2.45) is 0 Å². The Balaban J connectivity index is 2.67. The number of aliphatic hydroxyl groups excluding tert-OH is 1. The molecule has 1 aromatic carbocycles. The molecule has 0 unspecified atom stereocenters. The van der Waals surface area contributed by atoms with E-state index in [9.17, 15) is 4.79 Å². The summed E-state index contributed by atoms with van der Waals surface area (Å²) in [6.07, 6.45) is 3.33. The summed E-state index contributed by atoms with van der Waals surface area (Å²) in [6.45, 7) is 8.23. The molecule has 0 aliphatic heterocycles. The molecule has 0 atom stereocenters. The van der Waals surface area contributed by atoms with Gasteiger partial charge in [0.15, 0.2) is 0 Å². The van der Waals surface area contributed by atoms with Crippen LogP contribution in [0.4, 0.5) is 5.69 Å². The van der Waals surface area contributed by atoms with Crippen LogP contribution < -0.4 is 5.32 Å². The molecule has 0 aliphatic carbocycles. The van der Waals surface area contributed by atoms with Gasteiger partial charge in [0.1, 0.15) is 0 Å². The number of hydrogen-bond acceptors (Lipinski definition) is 3. The van der Waals surface area contributed by atoms with Crippen LogP contribution in [0.3, 0.4) is 0 Å². The smallest absolute Gasteiger partial charge is 0.242 e. The summed E-state index contributed by atoms with van der Waals surface area (Å²) < 4.78 is 0. The Morgan fingerprint density at radius 1 is 1.35 bits per heavy atom.